The van der Waals surface area contributed by atoms with Gasteiger partial charge in [0.15, 0.2) is 11.6 Å². The normalized spacial score (nSPS) is 16.5. The quantitative estimate of drug-likeness (QED) is 0.694. The van der Waals surface area contributed by atoms with Crippen molar-refractivity contribution in [2.24, 2.45) is 0 Å². The lowest BCUT2D eigenvalue weighted by atomic mass is 10.1. The standard InChI is InChI=1S/C16H24FNO/c17-15-9-3-4-10-16(15)19-14-8-2-7-13-18-11-5-1-6-12-18/h3-4,9-10H,1-2,5-8,11-14H2. The second-order valence-corrected chi connectivity index (χ2v) is 5.24. The van der Waals surface area contributed by atoms with E-state index in [0.717, 1.165) is 12.8 Å². The van der Waals surface area contributed by atoms with E-state index in [0.29, 0.717) is 12.4 Å². The monoisotopic (exact) mass is 265 g/mol. The zero-order valence-electron chi connectivity index (χ0n) is 11.6. The van der Waals surface area contributed by atoms with E-state index in [2.05, 4.69) is 4.90 Å². The molecule has 3 heteroatoms. The highest BCUT2D eigenvalue weighted by atomic mass is 19.1. The number of likely N-dealkylation sites (tertiary alicyclic amines) is 1. The van der Waals surface area contributed by atoms with Gasteiger partial charge in [0.2, 0.25) is 0 Å². The van der Waals surface area contributed by atoms with Gasteiger partial charge in [0.1, 0.15) is 0 Å². The predicted molar refractivity (Wildman–Crippen MR) is 76.0 cm³/mol. The highest BCUT2D eigenvalue weighted by Gasteiger charge is 2.08. The fourth-order valence-corrected chi connectivity index (χ4v) is 2.54. The van der Waals surface area contributed by atoms with E-state index >= 15 is 0 Å². The molecule has 0 aliphatic carbocycles. The number of ether oxygens (including phenoxy) is 1. The summed E-state index contributed by atoms with van der Waals surface area (Å²) in [4.78, 5) is 2.56. The van der Waals surface area contributed by atoms with E-state index in [4.69, 9.17) is 4.74 Å². The molecule has 1 aliphatic rings. The van der Waals surface area contributed by atoms with Crippen LogP contribution in [0.2, 0.25) is 0 Å². The zero-order valence-corrected chi connectivity index (χ0v) is 11.6. The fraction of sp³-hybridized carbons (Fsp3) is 0.625. The Morgan fingerprint density at radius 1 is 1.00 bits per heavy atom. The van der Waals surface area contributed by atoms with E-state index < -0.39 is 0 Å². The van der Waals surface area contributed by atoms with Crippen molar-refractivity contribution >= 4 is 0 Å². The molecule has 0 unspecified atom stereocenters. The Bertz CT molecular complexity index is 364. The van der Waals surface area contributed by atoms with Crippen molar-refractivity contribution < 1.29 is 9.13 Å². The molecule has 1 fully saturated rings. The average molecular weight is 265 g/mol. The average Bonchev–Trinajstić information content (AvgIpc) is 2.45. The van der Waals surface area contributed by atoms with E-state index in [9.17, 15) is 4.39 Å². The highest BCUT2D eigenvalue weighted by molar-refractivity contribution is 5.23. The third-order valence-electron chi connectivity index (χ3n) is 3.66. The largest absolute Gasteiger partial charge is 0.491 e. The van der Waals surface area contributed by atoms with Crippen molar-refractivity contribution in [1.29, 1.82) is 0 Å². The number of benzene rings is 1. The Balaban J connectivity index is 1.51. The molecule has 2 rings (SSSR count). The first-order valence-electron chi connectivity index (χ1n) is 7.46. The van der Waals surface area contributed by atoms with Gasteiger partial charge in [0.05, 0.1) is 6.61 Å². The summed E-state index contributed by atoms with van der Waals surface area (Å²) in [6, 6.07) is 6.60. The maximum Gasteiger partial charge on any atom is 0.165 e. The van der Waals surface area contributed by atoms with Crippen LogP contribution in [0.1, 0.15) is 38.5 Å². The Morgan fingerprint density at radius 2 is 1.79 bits per heavy atom. The number of hydrogen-bond acceptors (Lipinski definition) is 2. The maximum absolute atomic E-state index is 13.3. The van der Waals surface area contributed by atoms with Crippen LogP contribution in [0.3, 0.4) is 0 Å². The second kappa shape index (κ2) is 8.16. The summed E-state index contributed by atoms with van der Waals surface area (Å²) in [5.41, 5.74) is 0. The molecule has 0 N–H and O–H groups in total. The molecule has 19 heavy (non-hydrogen) atoms. The van der Waals surface area contributed by atoms with Crippen molar-refractivity contribution in [2.45, 2.75) is 38.5 Å². The molecule has 1 aromatic carbocycles. The van der Waals surface area contributed by atoms with Crippen LogP contribution in [-0.4, -0.2) is 31.1 Å². The SMILES string of the molecule is Fc1ccccc1OCCCCCN1CCCCC1. The molecule has 1 heterocycles. The van der Waals surface area contributed by atoms with Crippen LogP contribution in [0.25, 0.3) is 0 Å². The van der Waals surface area contributed by atoms with Gasteiger partial charge in [-0.1, -0.05) is 18.6 Å². The van der Waals surface area contributed by atoms with Crippen LogP contribution in [-0.2, 0) is 0 Å². The minimum absolute atomic E-state index is 0.268. The number of unbranched alkanes of at least 4 members (excludes halogenated alkanes) is 2. The first-order chi connectivity index (χ1) is 9.36. The van der Waals surface area contributed by atoms with Gasteiger partial charge in [0, 0.05) is 0 Å². The summed E-state index contributed by atoms with van der Waals surface area (Å²) in [7, 11) is 0. The Labute approximate surface area is 115 Å². The molecule has 0 radical (unpaired) electrons. The predicted octanol–water partition coefficient (Wildman–Crippen LogP) is 3.86. The van der Waals surface area contributed by atoms with Gasteiger partial charge in [-0.3, -0.25) is 0 Å². The lowest BCUT2D eigenvalue weighted by molar-refractivity contribution is 0.220. The molecule has 0 aromatic heterocycles. The lowest BCUT2D eigenvalue weighted by Crippen LogP contribution is -2.30. The third-order valence-corrected chi connectivity index (χ3v) is 3.66. The van der Waals surface area contributed by atoms with Crippen LogP contribution in [0, 0.1) is 5.82 Å². The van der Waals surface area contributed by atoms with E-state index in [1.807, 2.05) is 0 Å². The van der Waals surface area contributed by atoms with Crippen LogP contribution >= 0.6 is 0 Å². The van der Waals surface area contributed by atoms with Crippen LogP contribution < -0.4 is 4.74 Å². The Morgan fingerprint density at radius 3 is 2.58 bits per heavy atom. The summed E-state index contributed by atoms with van der Waals surface area (Å²) < 4.78 is 18.7. The summed E-state index contributed by atoms with van der Waals surface area (Å²) in [5, 5.41) is 0. The number of piperidine rings is 1. The van der Waals surface area contributed by atoms with Crippen molar-refractivity contribution in [1.82, 2.24) is 4.90 Å². The lowest BCUT2D eigenvalue weighted by Gasteiger charge is -2.26. The summed E-state index contributed by atoms with van der Waals surface area (Å²) in [6.07, 6.45) is 7.49. The molecule has 0 atom stereocenters. The summed E-state index contributed by atoms with van der Waals surface area (Å²) in [6.45, 7) is 4.36. The molecule has 1 aromatic rings. The molecule has 1 aliphatic heterocycles. The number of hydrogen-bond donors (Lipinski definition) is 0. The zero-order chi connectivity index (χ0) is 13.3. The Hall–Kier alpha value is -1.09. The maximum atomic E-state index is 13.3. The first kappa shape index (κ1) is 14.3. The van der Waals surface area contributed by atoms with E-state index in [1.165, 1.54) is 51.4 Å². The number of rotatable bonds is 7. The molecule has 0 saturated carbocycles. The minimum Gasteiger partial charge on any atom is -0.491 e. The second-order valence-electron chi connectivity index (χ2n) is 5.24. The molecular formula is C16H24FNO. The molecule has 0 amide bonds. The van der Waals surface area contributed by atoms with Gasteiger partial charge in [-0.25, -0.2) is 4.39 Å². The van der Waals surface area contributed by atoms with Gasteiger partial charge < -0.3 is 9.64 Å². The molecular weight excluding hydrogens is 241 g/mol. The van der Waals surface area contributed by atoms with Crippen molar-refractivity contribution in [3.63, 3.8) is 0 Å². The number of halogens is 1. The highest BCUT2D eigenvalue weighted by Crippen LogP contribution is 2.16. The summed E-state index contributed by atoms with van der Waals surface area (Å²) in [5.74, 6) is 0.106. The van der Waals surface area contributed by atoms with Crippen molar-refractivity contribution in [3.8, 4) is 5.75 Å². The molecule has 0 spiro atoms. The number of para-hydroxylation sites is 1. The minimum atomic E-state index is -0.268. The molecule has 1 saturated heterocycles. The van der Waals surface area contributed by atoms with Crippen LogP contribution in [0.4, 0.5) is 4.39 Å². The number of nitrogens with zero attached hydrogens (tertiary/aromatic N) is 1. The Kier molecular flexibility index (Phi) is 6.15. The topological polar surface area (TPSA) is 12.5 Å². The van der Waals surface area contributed by atoms with Gasteiger partial charge >= 0.3 is 0 Å². The van der Waals surface area contributed by atoms with E-state index in [-0.39, 0.29) is 5.82 Å². The van der Waals surface area contributed by atoms with Gasteiger partial charge in [-0.05, 0) is 63.9 Å². The summed E-state index contributed by atoms with van der Waals surface area (Å²) >= 11 is 0. The van der Waals surface area contributed by atoms with Crippen LogP contribution in [0.5, 0.6) is 5.75 Å². The van der Waals surface area contributed by atoms with Crippen molar-refractivity contribution in [3.05, 3.63) is 30.1 Å². The molecule has 106 valence electrons. The first-order valence-corrected chi connectivity index (χ1v) is 7.46. The third kappa shape index (κ3) is 5.19. The smallest absolute Gasteiger partial charge is 0.165 e. The van der Waals surface area contributed by atoms with Crippen LogP contribution in [0.15, 0.2) is 24.3 Å². The van der Waals surface area contributed by atoms with Crippen molar-refractivity contribution in [2.75, 3.05) is 26.2 Å². The van der Waals surface area contributed by atoms with Gasteiger partial charge in [-0.15, -0.1) is 0 Å². The molecule has 0 bridgehead atoms. The van der Waals surface area contributed by atoms with E-state index in [1.54, 1.807) is 18.2 Å². The van der Waals surface area contributed by atoms with Gasteiger partial charge in [-0.2, -0.15) is 0 Å². The molecule has 2 nitrogen and oxygen atoms in total. The van der Waals surface area contributed by atoms with Gasteiger partial charge in [0.25, 0.3) is 0 Å². The fourth-order valence-electron chi connectivity index (χ4n) is 2.54.